The lowest BCUT2D eigenvalue weighted by molar-refractivity contribution is -0.137. The fourth-order valence-electron chi connectivity index (χ4n) is 6.57. The molecule has 286 valence electrons. The highest BCUT2D eigenvalue weighted by Crippen LogP contribution is 2.46. The molecule has 0 spiro atoms. The average molecular weight is 779 g/mol. The van der Waals surface area contributed by atoms with E-state index in [1.165, 1.54) is 6.07 Å². The van der Waals surface area contributed by atoms with E-state index < -0.39 is 23.8 Å². The number of rotatable bonds is 14. The number of nitrogens with one attached hydrogen (secondary N) is 1. The highest BCUT2D eigenvalue weighted by atomic mass is 35.5. The molecule has 0 saturated carbocycles. The van der Waals surface area contributed by atoms with Gasteiger partial charge >= 0.3 is 12.2 Å². The number of methoxy groups -OCH3 is 2. The Labute approximate surface area is 317 Å². The van der Waals surface area contributed by atoms with E-state index in [1.54, 1.807) is 55.2 Å². The Morgan fingerprint density at radius 1 is 0.906 bits per heavy atom. The Morgan fingerprint density at radius 2 is 1.49 bits per heavy atom. The van der Waals surface area contributed by atoms with Crippen molar-refractivity contribution in [3.8, 4) is 5.75 Å². The molecule has 3 aromatic carbocycles. The van der Waals surface area contributed by atoms with Crippen molar-refractivity contribution >= 4 is 41.0 Å². The number of hydrogen-bond donors (Lipinski definition) is 1. The minimum Gasteiger partial charge on any atom is -0.493 e. The molecule has 2 atom stereocenters. The number of halogens is 5. The molecule has 15 heteroatoms. The summed E-state index contributed by atoms with van der Waals surface area (Å²) in [7, 11) is 3.22. The predicted octanol–water partition coefficient (Wildman–Crippen LogP) is 7.25. The second-order valence-electron chi connectivity index (χ2n) is 12.8. The van der Waals surface area contributed by atoms with E-state index in [4.69, 9.17) is 42.4 Å². The van der Waals surface area contributed by atoms with Gasteiger partial charge in [0, 0.05) is 56.5 Å². The van der Waals surface area contributed by atoms with E-state index >= 15 is 0 Å². The maximum Gasteiger partial charge on any atom is 0.416 e. The van der Waals surface area contributed by atoms with E-state index in [0.717, 1.165) is 23.3 Å². The number of hydrogen-bond acceptors (Lipinski definition) is 7. The molecule has 1 fully saturated rings. The SMILES string of the molecule is CCOc1cc(C(F)(F)F)ccc1C1=NC(c2ccc(Cl)cc2)C(c2ccc(Cl)cc2)N1C(=O)N1CCC(NC(=O)CN(CCOC)CCOC)CC1. The van der Waals surface area contributed by atoms with Gasteiger partial charge in [-0.05, 0) is 73.4 Å². The van der Waals surface area contributed by atoms with Crippen molar-refractivity contribution in [1.29, 1.82) is 0 Å². The Kier molecular flexibility index (Phi) is 14.0. The van der Waals surface area contributed by atoms with Crippen molar-refractivity contribution in [1.82, 2.24) is 20.0 Å². The van der Waals surface area contributed by atoms with Gasteiger partial charge in [-0.2, -0.15) is 13.2 Å². The first-order valence-corrected chi connectivity index (χ1v) is 18.2. The van der Waals surface area contributed by atoms with Crippen molar-refractivity contribution in [3.05, 3.63) is 99.0 Å². The van der Waals surface area contributed by atoms with Gasteiger partial charge in [0.1, 0.15) is 17.6 Å². The van der Waals surface area contributed by atoms with Crippen LogP contribution in [0.4, 0.5) is 18.0 Å². The second kappa shape index (κ2) is 18.4. The van der Waals surface area contributed by atoms with Gasteiger partial charge in [0.05, 0.1) is 43.5 Å². The highest BCUT2D eigenvalue weighted by molar-refractivity contribution is 6.30. The van der Waals surface area contributed by atoms with Crippen molar-refractivity contribution in [2.24, 2.45) is 4.99 Å². The van der Waals surface area contributed by atoms with Crippen LogP contribution in [0.15, 0.2) is 71.7 Å². The average Bonchev–Trinajstić information content (AvgIpc) is 3.53. The Bertz CT molecular complexity index is 1710. The first kappa shape index (κ1) is 40.3. The number of likely N-dealkylation sites (tertiary alicyclic amines) is 1. The summed E-state index contributed by atoms with van der Waals surface area (Å²) in [6, 6.07) is 15.5. The molecule has 2 aliphatic rings. The van der Waals surface area contributed by atoms with Crippen LogP contribution in [0.25, 0.3) is 0 Å². The number of carbonyl (C=O) groups is 2. The Hall–Kier alpha value is -3.88. The lowest BCUT2D eigenvalue weighted by atomic mass is 9.93. The largest absolute Gasteiger partial charge is 0.493 e. The molecule has 1 saturated heterocycles. The summed E-state index contributed by atoms with van der Waals surface area (Å²) in [6.07, 6.45) is -3.60. The Balaban J connectivity index is 1.46. The molecule has 5 rings (SSSR count). The van der Waals surface area contributed by atoms with E-state index in [0.29, 0.717) is 62.3 Å². The zero-order chi connectivity index (χ0) is 38.1. The van der Waals surface area contributed by atoms with E-state index in [1.807, 2.05) is 29.2 Å². The highest BCUT2D eigenvalue weighted by Gasteiger charge is 2.45. The first-order chi connectivity index (χ1) is 25.4. The van der Waals surface area contributed by atoms with Crippen LogP contribution in [-0.4, -0.2) is 105 Å². The zero-order valence-electron chi connectivity index (χ0n) is 29.9. The van der Waals surface area contributed by atoms with Gasteiger partial charge in [0.25, 0.3) is 0 Å². The van der Waals surface area contributed by atoms with Crippen LogP contribution >= 0.6 is 23.2 Å². The third-order valence-electron chi connectivity index (χ3n) is 9.27. The lowest BCUT2D eigenvalue weighted by Crippen LogP contribution is -2.53. The summed E-state index contributed by atoms with van der Waals surface area (Å²) in [5, 5.41) is 4.12. The number of nitrogens with zero attached hydrogens (tertiary/aromatic N) is 4. The summed E-state index contributed by atoms with van der Waals surface area (Å²) < 4.78 is 57.7. The van der Waals surface area contributed by atoms with Crippen LogP contribution in [0.2, 0.25) is 10.0 Å². The molecule has 53 heavy (non-hydrogen) atoms. The quantitative estimate of drug-likeness (QED) is 0.185. The lowest BCUT2D eigenvalue weighted by Gasteiger charge is -2.38. The summed E-state index contributed by atoms with van der Waals surface area (Å²) in [4.78, 5) is 38.1. The molecule has 2 unspecified atom stereocenters. The van der Waals surface area contributed by atoms with Gasteiger partial charge < -0.3 is 24.4 Å². The summed E-state index contributed by atoms with van der Waals surface area (Å²) >= 11 is 12.5. The van der Waals surface area contributed by atoms with Gasteiger partial charge in [0.2, 0.25) is 5.91 Å². The molecule has 2 aliphatic heterocycles. The Morgan fingerprint density at radius 3 is 2.04 bits per heavy atom. The number of ether oxygens (including phenoxy) is 3. The second-order valence-corrected chi connectivity index (χ2v) is 13.7. The summed E-state index contributed by atoms with van der Waals surface area (Å²) in [6.45, 7) is 4.73. The van der Waals surface area contributed by atoms with Gasteiger partial charge in [-0.25, -0.2) is 4.79 Å². The maximum absolute atomic E-state index is 14.8. The molecule has 10 nitrogen and oxygen atoms in total. The van der Waals surface area contributed by atoms with Crippen LogP contribution in [0.3, 0.4) is 0 Å². The predicted molar refractivity (Wildman–Crippen MR) is 198 cm³/mol. The molecule has 3 aromatic rings. The molecular weight excluding hydrogens is 734 g/mol. The van der Waals surface area contributed by atoms with Crippen molar-refractivity contribution in [3.63, 3.8) is 0 Å². The van der Waals surface area contributed by atoms with Crippen LogP contribution in [-0.2, 0) is 20.4 Å². The maximum atomic E-state index is 14.8. The number of carbonyl (C=O) groups excluding carboxylic acids is 2. The smallest absolute Gasteiger partial charge is 0.416 e. The molecule has 0 radical (unpaired) electrons. The standard InChI is InChI=1S/C38H44Cl2F3N5O5/c1-4-53-32-23-27(38(41,42)43)9-14-31(32)36-45-34(25-5-10-28(39)11-6-25)35(26-7-12-29(40)13-8-26)48(36)37(50)47-17-15-30(16-18-47)44-33(49)24-46(19-21-51-2)20-22-52-3/h5-14,23,30,34-35H,4,15-22,24H2,1-3H3,(H,44,49). The van der Waals surface area contributed by atoms with Crippen LogP contribution in [0.1, 0.15) is 54.1 Å². The number of urea groups is 1. The number of amides is 3. The molecule has 2 heterocycles. The van der Waals surface area contributed by atoms with Crippen LogP contribution < -0.4 is 10.1 Å². The normalized spacial score (nSPS) is 18.0. The third-order valence-corrected chi connectivity index (χ3v) is 9.77. The monoisotopic (exact) mass is 777 g/mol. The summed E-state index contributed by atoms with van der Waals surface area (Å²) in [5.41, 5.74) is 0.838. The fraction of sp³-hybridized carbons (Fsp3) is 0.447. The molecule has 0 aliphatic carbocycles. The number of piperidine rings is 1. The molecule has 3 amide bonds. The first-order valence-electron chi connectivity index (χ1n) is 17.4. The minimum absolute atomic E-state index is 0.0445. The summed E-state index contributed by atoms with van der Waals surface area (Å²) in [5.74, 6) is 0.00183. The van der Waals surface area contributed by atoms with Crippen LogP contribution in [0, 0.1) is 0 Å². The van der Waals surface area contributed by atoms with E-state index in [2.05, 4.69) is 5.32 Å². The zero-order valence-corrected chi connectivity index (χ0v) is 31.4. The van der Waals surface area contributed by atoms with Crippen molar-refractivity contribution < 1.29 is 37.0 Å². The van der Waals surface area contributed by atoms with Crippen molar-refractivity contribution in [2.45, 2.75) is 44.1 Å². The minimum atomic E-state index is -4.61. The van der Waals surface area contributed by atoms with Gasteiger partial charge in [0.15, 0.2) is 0 Å². The van der Waals surface area contributed by atoms with E-state index in [-0.39, 0.29) is 48.3 Å². The fourth-order valence-corrected chi connectivity index (χ4v) is 6.82. The topological polar surface area (TPSA) is 95.9 Å². The van der Waals surface area contributed by atoms with Crippen molar-refractivity contribution in [2.75, 3.05) is 66.8 Å². The number of alkyl halides is 3. The third kappa shape index (κ3) is 10.2. The van der Waals surface area contributed by atoms with E-state index in [9.17, 15) is 22.8 Å². The number of aliphatic imine (C=N–C) groups is 1. The number of benzene rings is 3. The molecular formula is C38H44Cl2F3N5O5. The van der Waals surface area contributed by atoms with Crippen LogP contribution in [0.5, 0.6) is 5.75 Å². The molecule has 1 N–H and O–H groups in total. The molecule has 0 bridgehead atoms. The molecule has 0 aromatic heterocycles. The van der Waals surface area contributed by atoms with Gasteiger partial charge in [-0.1, -0.05) is 47.5 Å². The van der Waals surface area contributed by atoms with Gasteiger partial charge in [-0.15, -0.1) is 0 Å². The number of amidine groups is 1. The van der Waals surface area contributed by atoms with Gasteiger partial charge in [-0.3, -0.25) is 19.6 Å².